The van der Waals surface area contributed by atoms with Gasteiger partial charge in [0, 0.05) is 43.1 Å². The highest BCUT2D eigenvalue weighted by Gasteiger charge is 2.42. The number of fused-ring (bicyclic) bond motifs is 2. The highest BCUT2D eigenvalue weighted by atomic mass is 16.5. The third-order valence-corrected chi connectivity index (χ3v) is 5.00. The van der Waals surface area contributed by atoms with Crippen molar-refractivity contribution in [2.24, 2.45) is 11.8 Å². The molecule has 2 aliphatic rings. The molecule has 6 nitrogen and oxygen atoms in total. The highest BCUT2D eigenvalue weighted by molar-refractivity contribution is 5.74. The number of nitrogens with one attached hydrogen (secondary N) is 1. The lowest BCUT2D eigenvalue weighted by Crippen LogP contribution is -2.50. The van der Waals surface area contributed by atoms with Gasteiger partial charge in [-0.2, -0.15) is 0 Å². The molecule has 2 N–H and O–H groups in total. The average Bonchev–Trinajstić information content (AvgIpc) is 2.79. The van der Waals surface area contributed by atoms with Crippen LogP contribution in [0, 0.1) is 11.8 Å². The van der Waals surface area contributed by atoms with E-state index >= 15 is 0 Å². The minimum Gasteiger partial charge on any atom is -0.497 e. The number of carbonyl (C=O) groups is 1. The number of ether oxygens (including phenoxy) is 2. The summed E-state index contributed by atoms with van der Waals surface area (Å²) in [5.41, 5.74) is 0.904. The van der Waals surface area contributed by atoms with Crippen molar-refractivity contribution in [3.8, 4) is 11.5 Å². The molecule has 1 aliphatic carbocycles. The Morgan fingerprint density at radius 3 is 2.57 bits per heavy atom. The average molecular weight is 320 g/mol. The monoisotopic (exact) mass is 320 g/mol. The van der Waals surface area contributed by atoms with Crippen molar-refractivity contribution < 1.29 is 19.4 Å². The number of nitrogens with zero attached hydrogens (tertiary/aromatic N) is 1. The van der Waals surface area contributed by atoms with Crippen LogP contribution in [0.25, 0.3) is 0 Å². The molecule has 2 fully saturated rings. The van der Waals surface area contributed by atoms with Crippen LogP contribution in [-0.4, -0.2) is 49.5 Å². The molecule has 2 bridgehead atoms. The molecule has 1 heterocycles. The SMILES string of the molecule is COc1ccc(CNC(=O)N2C[C@H]3CC[C@@H](C2)C3O)c(OC)c1. The van der Waals surface area contributed by atoms with Crippen LogP contribution in [0.4, 0.5) is 4.79 Å². The highest BCUT2D eigenvalue weighted by Crippen LogP contribution is 2.36. The van der Waals surface area contributed by atoms with Gasteiger partial charge in [0.05, 0.1) is 20.3 Å². The first-order chi connectivity index (χ1) is 11.1. The van der Waals surface area contributed by atoms with Crippen molar-refractivity contribution in [2.75, 3.05) is 27.3 Å². The van der Waals surface area contributed by atoms with Crippen molar-refractivity contribution in [2.45, 2.75) is 25.5 Å². The van der Waals surface area contributed by atoms with Crippen LogP contribution in [0.3, 0.4) is 0 Å². The van der Waals surface area contributed by atoms with Crippen LogP contribution in [0.2, 0.25) is 0 Å². The summed E-state index contributed by atoms with van der Waals surface area (Å²) < 4.78 is 10.5. The van der Waals surface area contributed by atoms with Crippen LogP contribution in [0.15, 0.2) is 18.2 Å². The van der Waals surface area contributed by atoms with E-state index in [0.29, 0.717) is 25.4 Å². The van der Waals surface area contributed by atoms with Gasteiger partial charge in [0.1, 0.15) is 11.5 Å². The van der Waals surface area contributed by atoms with Gasteiger partial charge in [0.2, 0.25) is 0 Å². The lowest BCUT2D eigenvalue weighted by atomic mass is 9.95. The molecule has 1 aromatic rings. The van der Waals surface area contributed by atoms with E-state index in [9.17, 15) is 9.90 Å². The van der Waals surface area contributed by atoms with E-state index in [1.54, 1.807) is 20.3 Å². The van der Waals surface area contributed by atoms with Crippen molar-refractivity contribution in [1.29, 1.82) is 0 Å². The maximum absolute atomic E-state index is 12.4. The van der Waals surface area contributed by atoms with Gasteiger partial charge in [-0.1, -0.05) is 0 Å². The van der Waals surface area contributed by atoms with Crippen LogP contribution in [-0.2, 0) is 6.54 Å². The van der Waals surface area contributed by atoms with E-state index in [-0.39, 0.29) is 24.0 Å². The standard InChI is InChI=1S/C17H24N2O4/c1-22-14-6-5-11(15(7-14)23-2)8-18-17(21)19-9-12-3-4-13(10-19)16(12)20/h5-7,12-13,16,20H,3-4,8-10H2,1-2H3,(H,18,21)/t12-,13+,16?. The van der Waals surface area contributed by atoms with Gasteiger partial charge in [-0.15, -0.1) is 0 Å². The number of likely N-dealkylation sites (tertiary alicyclic amines) is 1. The number of aliphatic hydroxyl groups is 1. The molecule has 0 spiro atoms. The summed E-state index contributed by atoms with van der Waals surface area (Å²) in [4.78, 5) is 14.2. The molecule has 1 aliphatic heterocycles. The Hall–Kier alpha value is -1.95. The molecular formula is C17H24N2O4. The number of urea groups is 1. The van der Waals surface area contributed by atoms with Crippen molar-refractivity contribution in [3.05, 3.63) is 23.8 Å². The molecule has 3 atom stereocenters. The number of aliphatic hydroxyl groups excluding tert-OH is 1. The normalized spacial score (nSPS) is 26.0. The summed E-state index contributed by atoms with van der Waals surface area (Å²) in [7, 11) is 3.21. The fourth-order valence-electron chi connectivity index (χ4n) is 3.64. The van der Waals surface area contributed by atoms with Crippen LogP contribution >= 0.6 is 0 Å². The number of methoxy groups -OCH3 is 2. The first-order valence-corrected chi connectivity index (χ1v) is 8.04. The second-order valence-electron chi connectivity index (χ2n) is 6.33. The molecule has 23 heavy (non-hydrogen) atoms. The fourth-order valence-corrected chi connectivity index (χ4v) is 3.64. The maximum atomic E-state index is 12.4. The lowest BCUT2D eigenvalue weighted by molar-refractivity contribution is 0.0303. The summed E-state index contributed by atoms with van der Waals surface area (Å²) in [6.07, 6.45) is 1.80. The minimum absolute atomic E-state index is 0.0772. The van der Waals surface area contributed by atoms with Crippen LogP contribution < -0.4 is 14.8 Å². The molecule has 3 rings (SSSR count). The summed E-state index contributed by atoms with van der Waals surface area (Å²) >= 11 is 0. The van der Waals surface area contributed by atoms with Gasteiger partial charge in [0.15, 0.2) is 0 Å². The number of benzene rings is 1. The number of hydrogen-bond donors (Lipinski definition) is 2. The first-order valence-electron chi connectivity index (χ1n) is 8.04. The quantitative estimate of drug-likeness (QED) is 0.884. The fraction of sp³-hybridized carbons (Fsp3) is 0.588. The van der Waals surface area contributed by atoms with Crippen molar-refractivity contribution in [3.63, 3.8) is 0 Å². The minimum atomic E-state index is -0.235. The number of rotatable bonds is 4. The van der Waals surface area contributed by atoms with E-state index in [1.807, 2.05) is 17.0 Å². The Kier molecular flexibility index (Phi) is 4.61. The molecule has 0 radical (unpaired) electrons. The Balaban J connectivity index is 1.59. The Bertz CT molecular complexity index is 564. The van der Waals surface area contributed by atoms with E-state index < -0.39 is 0 Å². The Labute approximate surface area is 136 Å². The summed E-state index contributed by atoms with van der Waals surface area (Å²) in [5, 5.41) is 13.0. The van der Waals surface area contributed by atoms with Gasteiger partial charge in [-0.3, -0.25) is 0 Å². The first kappa shape index (κ1) is 15.9. The van der Waals surface area contributed by atoms with Gasteiger partial charge >= 0.3 is 6.03 Å². The molecule has 1 aromatic carbocycles. The van der Waals surface area contributed by atoms with Crippen molar-refractivity contribution >= 4 is 6.03 Å². The smallest absolute Gasteiger partial charge is 0.317 e. The predicted molar refractivity (Wildman–Crippen MR) is 85.6 cm³/mol. The maximum Gasteiger partial charge on any atom is 0.317 e. The van der Waals surface area contributed by atoms with E-state index in [0.717, 1.165) is 24.2 Å². The van der Waals surface area contributed by atoms with E-state index in [4.69, 9.17) is 9.47 Å². The molecule has 1 saturated heterocycles. The summed E-state index contributed by atoms with van der Waals surface area (Å²) in [5.74, 6) is 1.88. The number of carbonyl (C=O) groups excluding carboxylic acids is 1. The second-order valence-corrected chi connectivity index (χ2v) is 6.33. The molecule has 1 saturated carbocycles. The lowest BCUT2D eigenvalue weighted by Gasteiger charge is -2.35. The molecule has 126 valence electrons. The number of hydrogen-bond acceptors (Lipinski definition) is 4. The Morgan fingerprint density at radius 1 is 1.26 bits per heavy atom. The predicted octanol–water partition coefficient (Wildman–Crippen LogP) is 1.62. The van der Waals surface area contributed by atoms with Gasteiger partial charge in [0.25, 0.3) is 0 Å². The van der Waals surface area contributed by atoms with Gasteiger partial charge < -0.3 is 24.8 Å². The third kappa shape index (κ3) is 3.22. The van der Waals surface area contributed by atoms with E-state index in [1.165, 1.54) is 0 Å². The molecule has 1 unspecified atom stereocenters. The van der Waals surface area contributed by atoms with Gasteiger partial charge in [-0.05, 0) is 25.0 Å². The zero-order chi connectivity index (χ0) is 16.4. The third-order valence-electron chi connectivity index (χ3n) is 5.00. The Morgan fingerprint density at radius 2 is 1.96 bits per heavy atom. The zero-order valence-corrected chi connectivity index (χ0v) is 13.6. The van der Waals surface area contributed by atoms with Crippen LogP contribution in [0.1, 0.15) is 18.4 Å². The zero-order valence-electron chi connectivity index (χ0n) is 13.6. The molecular weight excluding hydrogens is 296 g/mol. The van der Waals surface area contributed by atoms with Gasteiger partial charge in [-0.25, -0.2) is 4.79 Å². The second kappa shape index (κ2) is 6.66. The number of piperidine rings is 1. The number of amides is 2. The van der Waals surface area contributed by atoms with E-state index in [2.05, 4.69) is 5.32 Å². The largest absolute Gasteiger partial charge is 0.497 e. The topological polar surface area (TPSA) is 71.0 Å². The summed E-state index contributed by atoms with van der Waals surface area (Å²) in [6, 6.07) is 5.47. The molecule has 2 amide bonds. The summed E-state index contributed by atoms with van der Waals surface area (Å²) in [6.45, 7) is 1.69. The van der Waals surface area contributed by atoms with Crippen molar-refractivity contribution in [1.82, 2.24) is 10.2 Å². The molecule has 0 aromatic heterocycles. The molecule has 6 heteroatoms. The van der Waals surface area contributed by atoms with Crippen LogP contribution in [0.5, 0.6) is 11.5 Å².